The minimum absolute atomic E-state index is 0.125. The second-order valence-electron chi connectivity index (χ2n) is 5.11. The van der Waals surface area contributed by atoms with Crippen molar-refractivity contribution in [2.75, 3.05) is 33.0 Å². The van der Waals surface area contributed by atoms with Gasteiger partial charge in [-0.25, -0.2) is 0 Å². The van der Waals surface area contributed by atoms with Crippen LogP contribution in [-0.4, -0.2) is 49.8 Å². The number of nitrogens with one attached hydrogen (secondary N) is 1. The monoisotopic (exact) mass is 294 g/mol. The van der Waals surface area contributed by atoms with Gasteiger partial charge in [0, 0.05) is 10.9 Å². The summed E-state index contributed by atoms with van der Waals surface area (Å²) in [6, 6.07) is 8.13. The third-order valence-corrected chi connectivity index (χ3v) is 4.53. The number of thioether (sulfide) groups is 1. The Balaban J connectivity index is 1.71. The van der Waals surface area contributed by atoms with E-state index in [0.717, 1.165) is 36.6 Å². The number of hydrogen-bond acceptors (Lipinski definition) is 4. The van der Waals surface area contributed by atoms with Gasteiger partial charge in [0.2, 0.25) is 5.91 Å². The number of benzene rings is 1. The van der Waals surface area contributed by atoms with Gasteiger partial charge in [0.1, 0.15) is 5.75 Å². The predicted molar refractivity (Wildman–Crippen MR) is 82.4 cm³/mol. The van der Waals surface area contributed by atoms with E-state index in [1.165, 1.54) is 0 Å². The average molecular weight is 294 g/mol. The minimum atomic E-state index is 0.125. The van der Waals surface area contributed by atoms with Crippen LogP contribution in [0, 0.1) is 0 Å². The SMILES string of the molecule is COc1ccc(SCC(=O)NC2CCN(C)CC2)cc1. The van der Waals surface area contributed by atoms with Crippen molar-refractivity contribution in [3.05, 3.63) is 24.3 Å². The molecule has 0 aromatic heterocycles. The smallest absolute Gasteiger partial charge is 0.230 e. The molecule has 5 heteroatoms. The van der Waals surface area contributed by atoms with Crippen LogP contribution in [0.5, 0.6) is 5.75 Å². The molecule has 0 saturated carbocycles. The highest BCUT2D eigenvalue weighted by molar-refractivity contribution is 8.00. The molecule has 1 aromatic carbocycles. The first-order valence-corrected chi connectivity index (χ1v) is 7.90. The van der Waals surface area contributed by atoms with Crippen molar-refractivity contribution in [2.45, 2.75) is 23.8 Å². The Morgan fingerprint density at radius 1 is 1.35 bits per heavy atom. The van der Waals surface area contributed by atoms with Gasteiger partial charge in [-0.05, 0) is 57.2 Å². The lowest BCUT2D eigenvalue weighted by Crippen LogP contribution is -2.43. The van der Waals surface area contributed by atoms with Crippen molar-refractivity contribution in [3.8, 4) is 5.75 Å². The van der Waals surface area contributed by atoms with Crippen LogP contribution in [0.3, 0.4) is 0 Å². The Bertz CT molecular complexity index is 428. The lowest BCUT2D eigenvalue weighted by molar-refractivity contribution is -0.119. The second kappa shape index (κ2) is 7.55. The highest BCUT2D eigenvalue weighted by atomic mass is 32.2. The first-order chi connectivity index (χ1) is 9.67. The molecule has 2 rings (SSSR count). The van der Waals surface area contributed by atoms with Crippen LogP contribution in [0.1, 0.15) is 12.8 Å². The minimum Gasteiger partial charge on any atom is -0.497 e. The summed E-state index contributed by atoms with van der Waals surface area (Å²) in [5.41, 5.74) is 0. The topological polar surface area (TPSA) is 41.6 Å². The highest BCUT2D eigenvalue weighted by Gasteiger charge is 2.18. The maximum absolute atomic E-state index is 11.9. The molecule has 1 N–H and O–H groups in total. The first-order valence-electron chi connectivity index (χ1n) is 6.92. The molecule has 20 heavy (non-hydrogen) atoms. The Hall–Kier alpha value is -1.20. The molecule has 1 fully saturated rings. The van der Waals surface area contributed by atoms with Crippen LogP contribution in [0.2, 0.25) is 0 Å². The highest BCUT2D eigenvalue weighted by Crippen LogP contribution is 2.21. The summed E-state index contributed by atoms with van der Waals surface area (Å²) >= 11 is 1.56. The molecule has 0 bridgehead atoms. The largest absolute Gasteiger partial charge is 0.497 e. The lowest BCUT2D eigenvalue weighted by Gasteiger charge is -2.29. The molecular weight excluding hydrogens is 272 g/mol. The van der Waals surface area contributed by atoms with Crippen LogP contribution in [0.15, 0.2) is 29.2 Å². The number of likely N-dealkylation sites (tertiary alicyclic amines) is 1. The summed E-state index contributed by atoms with van der Waals surface area (Å²) in [7, 11) is 3.77. The molecule has 1 aliphatic heterocycles. The Morgan fingerprint density at radius 2 is 2.00 bits per heavy atom. The number of nitrogens with zero attached hydrogens (tertiary/aromatic N) is 1. The van der Waals surface area contributed by atoms with Crippen LogP contribution in [0.4, 0.5) is 0 Å². The molecule has 4 nitrogen and oxygen atoms in total. The van der Waals surface area contributed by atoms with Crippen LogP contribution < -0.4 is 10.1 Å². The zero-order valence-corrected chi connectivity index (χ0v) is 12.9. The van der Waals surface area contributed by atoms with Crippen molar-refractivity contribution in [2.24, 2.45) is 0 Å². The summed E-state index contributed by atoms with van der Waals surface area (Å²) in [6.45, 7) is 2.13. The van der Waals surface area contributed by atoms with Gasteiger partial charge < -0.3 is 15.0 Å². The third-order valence-electron chi connectivity index (χ3n) is 3.51. The zero-order valence-electron chi connectivity index (χ0n) is 12.1. The molecule has 0 unspecified atom stereocenters. The average Bonchev–Trinajstić information content (AvgIpc) is 2.48. The third kappa shape index (κ3) is 4.72. The Kier molecular flexibility index (Phi) is 5.73. The van der Waals surface area contributed by atoms with E-state index in [9.17, 15) is 4.79 Å². The first kappa shape index (κ1) is 15.2. The molecule has 1 aliphatic rings. The molecule has 0 spiro atoms. The molecule has 1 amide bonds. The molecular formula is C15H22N2O2S. The lowest BCUT2D eigenvalue weighted by atomic mass is 10.1. The fourth-order valence-electron chi connectivity index (χ4n) is 2.24. The summed E-state index contributed by atoms with van der Waals surface area (Å²) in [6.07, 6.45) is 2.10. The predicted octanol–water partition coefficient (Wildman–Crippen LogP) is 2.00. The maximum atomic E-state index is 11.9. The van der Waals surface area contributed by atoms with E-state index in [1.54, 1.807) is 18.9 Å². The van der Waals surface area contributed by atoms with E-state index in [2.05, 4.69) is 17.3 Å². The number of rotatable bonds is 5. The number of piperidine rings is 1. The molecule has 1 heterocycles. The van der Waals surface area contributed by atoms with Gasteiger partial charge in [-0.1, -0.05) is 0 Å². The Morgan fingerprint density at radius 3 is 2.60 bits per heavy atom. The number of methoxy groups -OCH3 is 1. The van der Waals surface area contributed by atoms with Gasteiger partial charge in [0.25, 0.3) is 0 Å². The van der Waals surface area contributed by atoms with Crippen LogP contribution in [-0.2, 0) is 4.79 Å². The summed E-state index contributed by atoms with van der Waals surface area (Å²) in [5, 5.41) is 3.12. The molecule has 0 radical (unpaired) electrons. The van der Waals surface area contributed by atoms with Gasteiger partial charge in [-0.2, -0.15) is 0 Å². The van der Waals surface area contributed by atoms with Crippen molar-refractivity contribution < 1.29 is 9.53 Å². The zero-order chi connectivity index (χ0) is 14.4. The summed E-state index contributed by atoms with van der Waals surface area (Å²) in [5.74, 6) is 1.43. The van der Waals surface area contributed by atoms with Crippen molar-refractivity contribution in [1.29, 1.82) is 0 Å². The van der Waals surface area contributed by atoms with E-state index >= 15 is 0 Å². The quantitative estimate of drug-likeness (QED) is 0.843. The number of carbonyl (C=O) groups is 1. The van der Waals surface area contributed by atoms with Gasteiger partial charge in [0.05, 0.1) is 12.9 Å². The molecule has 110 valence electrons. The van der Waals surface area contributed by atoms with E-state index in [-0.39, 0.29) is 5.91 Å². The standard InChI is InChI=1S/C15H22N2O2S/c1-17-9-7-12(8-10-17)16-15(18)11-20-14-5-3-13(19-2)4-6-14/h3-6,12H,7-11H2,1-2H3,(H,16,18). The molecule has 0 atom stereocenters. The Labute approximate surface area is 124 Å². The number of ether oxygens (including phenoxy) is 1. The van der Waals surface area contributed by atoms with Crippen LogP contribution >= 0.6 is 11.8 Å². The van der Waals surface area contributed by atoms with E-state index in [4.69, 9.17) is 4.74 Å². The van der Waals surface area contributed by atoms with Crippen molar-refractivity contribution in [1.82, 2.24) is 10.2 Å². The van der Waals surface area contributed by atoms with E-state index in [1.807, 2.05) is 24.3 Å². The van der Waals surface area contributed by atoms with Crippen LogP contribution in [0.25, 0.3) is 0 Å². The number of carbonyl (C=O) groups excluding carboxylic acids is 1. The summed E-state index contributed by atoms with van der Waals surface area (Å²) in [4.78, 5) is 15.3. The van der Waals surface area contributed by atoms with Crippen molar-refractivity contribution >= 4 is 17.7 Å². The second-order valence-corrected chi connectivity index (χ2v) is 6.16. The summed E-state index contributed by atoms with van der Waals surface area (Å²) < 4.78 is 5.11. The van der Waals surface area contributed by atoms with Crippen molar-refractivity contribution in [3.63, 3.8) is 0 Å². The fourth-order valence-corrected chi connectivity index (χ4v) is 2.95. The number of hydrogen-bond donors (Lipinski definition) is 1. The maximum Gasteiger partial charge on any atom is 0.230 e. The van der Waals surface area contributed by atoms with E-state index in [0.29, 0.717) is 11.8 Å². The molecule has 1 aromatic rings. The van der Waals surface area contributed by atoms with Gasteiger partial charge in [-0.3, -0.25) is 4.79 Å². The van der Waals surface area contributed by atoms with E-state index < -0.39 is 0 Å². The van der Waals surface area contributed by atoms with Gasteiger partial charge in [0.15, 0.2) is 0 Å². The molecule has 0 aliphatic carbocycles. The fraction of sp³-hybridized carbons (Fsp3) is 0.533. The van der Waals surface area contributed by atoms with Gasteiger partial charge >= 0.3 is 0 Å². The normalized spacial score (nSPS) is 16.9. The number of amides is 1. The van der Waals surface area contributed by atoms with Gasteiger partial charge in [-0.15, -0.1) is 11.8 Å². The molecule has 1 saturated heterocycles.